The van der Waals surface area contributed by atoms with Crippen LogP contribution in [0.2, 0.25) is 0 Å². The Kier molecular flexibility index (Phi) is 3.61. The van der Waals surface area contributed by atoms with Crippen LogP contribution in [0.3, 0.4) is 0 Å². The second-order valence-corrected chi connectivity index (χ2v) is 6.35. The zero-order valence-corrected chi connectivity index (χ0v) is 12.1. The van der Waals surface area contributed by atoms with E-state index in [0.29, 0.717) is 25.9 Å². The van der Waals surface area contributed by atoms with Gasteiger partial charge in [0, 0.05) is 19.1 Å². The summed E-state index contributed by atoms with van der Waals surface area (Å²) < 4.78 is 0. The van der Waals surface area contributed by atoms with Gasteiger partial charge in [0.25, 0.3) is 5.91 Å². The summed E-state index contributed by atoms with van der Waals surface area (Å²) >= 11 is 0. The Morgan fingerprint density at radius 3 is 2.67 bits per heavy atom. The van der Waals surface area contributed by atoms with Crippen molar-refractivity contribution < 1.29 is 14.4 Å². The third-order valence-corrected chi connectivity index (χ3v) is 4.81. The van der Waals surface area contributed by atoms with Crippen LogP contribution in [0.5, 0.6) is 0 Å². The van der Waals surface area contributed by atoms with Crippen molar-refractivity contribution >= 4 is 17.8 Å². The summed E-state index contributed by atoms with van der Waals surface area (Å²) in [5.41, 5.74) is 5.13. The molecule has 3 fully saturated rings. The van der Waals surface area contributed by atoms with Gasteiger partial charge in [-0.15, -0.1) is 0 Å². The van der Waals surface area contributed by atoms with Crippen LogP contribution in [0.25, 0.3) is 0 Å². The summed E-state index contributed by atoms with van der Waals surface area (Å²) in [6.45, 7) is 0.994. The van der Waals surface area contributed by atoms with Crippen molar-refractivity contribution in [1.29, 1.82) is 0 Å². The molecule has 2 saturated heterocycles. The molecule has 3 aliphatic rings. The molecule has 116 valence electrons. The van der Waals surface area contributed by atoms with Gasteiger partial charge >= 0.3 is 6.03 Å². The molecule has 2 aliphatic heterocycles. The highest BCUT2D eigenvalue weighted by molar-refractivity contribution is 6.09. The third kappa shape index (κ3) is 2.50. The standard InChI is InChI=1S/C14H22N4O3/c15-10-4-3-7-17(8-10)11(19)9-18-12(20)14(16-13(18)21)5-1-2-6-14/h10H,1-9,15H2,(H,16,21). The number of rotatable bonds is 2. The fourth-order valence-corrected chi connectivity index (χ4v) is 3.61. The first-order chi connectivity index (χ1) is 10.0. The van der Waals surface area contributed by atoms with E-state index in [0.717, 1.165) is 30.6 Å². The number of carbonyl (C=O) groups is 3. The molecule has 7 nitrogen and oxygen atoms in total. The summed E-state index contributed by atoms with van der Waals surface area (Å²) in [5, 5.41) is 2.79. The Labute approximate surface area is 123 Å². The number of imide groups is 1. The van der Waals surface area contributed by atoms with Gasteiger partial charge in [-0.1, -0.05) is 12.8 Å². The fraction of sp³-hybridized carbons (Fsp3) is 0.786. The molecule has 4 amide bonds. The van der Waals surface area contributed by atoms with Crippen molar-refractivity contribution in [3.05, 3.63) is 0 Å². The monoisotopic (exact) mass is 294 g/mol. The lowest BCUT2D eigenvalue weighted by Gasteiger charge is -2.31. The minimum atomic E-state index is -0.740. The highest BCUT2D eigenvalue weighted by Gasteiger charge is 2.52. The molecule has 3 rings (SSSR count). The lowest BCUT2D eigenvalue weighted by atomic mass is 9.98. The van der Waals surface area contributed by atoms with Gasteiger partial charge in [0.15, 0.2) is 0 Å². The van der Waals surface area contributed by atoms with Gasteiger partial charge in [0.05, 0.1) is 0 Å². The molecule has 1 spiro atoms. The summed E-state index contributed by atoms with van der Waals surface area (Å²) in [4.78, 5) is 39.5. The second kappa shape index (κ2) is 5.29. The number of carbonyl (C=O) groups excluding carboxylic acids is 3. The maximum atomic E-state index is 12.5. The highest BCUT2D eigenvalue weighted by Crippen LogP contribution is 2.34. The normalized spacial score (nSPS) is 28.3. The molecule has 0 aromatic heterocycles. The van der Waals surface area contributed by atoms with Crippen molar-refractivity contribution in [3.63, 3.8) is 0 Å². The van der Waals surface area contributed by atoms with E-state index in [1.807, 2.05) is 0 Å². The van der Waals surface area contributed by atoms with Gasteiger partial charge in [-0.05, 0) is 25.7 Å². The predicted molar refractivity (Wildman–Crippen MR) is 75.2 cm³/mol. The van der Waals surface area contributed by atoms with Crippen LogP contribution >= 0.6 is 0 Å². The molecule has 1 atom stereocenters. The molecule has 21 heavy (non-hydrogen) atoms. The minimum absolute atomic E-state index is 0.00743. The van der Waals surface area contributed by atoms with Crippen LogP contribution in [0.4, 0.5) is 4.79 Å². The first kappa shape index (κ1) is 14.3. The molecule has 1 saturated carbocycles. The fourth-order valence-electron chi connectivity index (χ4n) is 3.61. The highest BCUT2D eigenvalue weighted by atomic mass is 16.2. The molecule has 3 N–H and O–H groups in total. The number of hydrogen-bond donors (Lipinski definition) is 2. The number of nitrogens with one attached hydrogen (secondary N) is 1. The second-order valence-electron chi connectivity index (χ2n) is 6.35. The summed E-state index contributed by atoms with van der Waals surface area (Å²) in [5.74, 6) is -0.427. The van der Waals surface area contributed by atoms with Crippen molar-refractivity contribution in [1.82, 2.24) is 15.1 Å². The number of piperidine rings is 1. The van der Waals surface area contributed by atoms with E-state index in [-0.39, 0.29) is 24.4 Å². The number of likely N-dealkylation sites (tertiary alicyclic amines) is 1. The maximum Gasteiger partial charge on any atom is 0.325 e. The van der Waals surface area contributed by atoms with E-state index in [9.17, 15) is 14.4 Å². The molecule has 2 heterocycles. The maximum absolute atomic E-state index is 12.5. The molecule has 0 aromatic rings. The van der Waals surface area contributed by atoms with Crippen molar-refractivity contribution in [2.75, 3.05) is 19.6 Å². The van der Waals surface area contributed by atoms with E-state index in [1.54, 1.807) is 4.90 Å². The molecule has 1 aliphatic carbocycles. The topological polar surface area (TPSA) is 95.7 Å². The molecular formula is C14H22N4O3. The molecule has 1 unspecified atom stereocenters. The van der Waals surface area contributed by atoms with E-state index < -0.39 is 11.6 Å². The average Bonchev–Trinajstić information content (AvgIpc) is 3.00. The van der Waals surface area contributed by atoms with Crippen LogP contribution in [0.1, 0.15) is 38.5 Å². The molecule has 7 heteroatoms. The van der Waals surface area contributed by atoms with Crippen LogP contribution in [-0.2, 0) is 9.59 Å². The number of urea groups is 1. The van der Waals surface area contributed by atoms with Gasteiger partial charge < -0.3 is 16.0 Å². The van der Waals surface area contributed by atoms with E-state index >= 15 is 0 Å². The van der Waals surface area contributed by atoms with Crippen LogP contribution in [-0.4, -0.2) is 58.9 Å². The zero-order valence-electron chi connectivity index (χ0n) is 12.1. The zero-order chi connectivity index (χ0) is 15.0. The number of nitrogens with two attached hydrogens (primary N) is 1. The summed E-state index contributed by atoms with van der Waals surface area (Å²) in [6.07, 6.45) is 5.02. The lowest BCUT2D eigenvalue weighted by molar-refractivity contribution is -0.139. The number of nitrogens with zero attached hydrogens (tertiary/aromatic N) is 2. The Balaban J connectivity index is 1.65. The van der Waals surface area contributed by atoms with Crippen molar-refractivity contribution in [2.24, 2.45) is 5.73 Å². The van der Waals surface area contributed by atoms with Crippen LogP contribution in [0.15, 0.2) is 0 Å². The summed E-state index contributed by atoms with van der Waals surface area (Å²) in [6, 6.07) is -0.441. The van der Waals surface area contributed by atoms with Gasteiger partial charge in [0.1, 0.15) is 12.1 Å². The number of amides is 4. The third-order valence-electron chi connectivity index (χ3n) is 4.81. The van der Waals surface area contributed by atoms with E-state index in [2.05, 4.69) is 5.32 Å². The van der Waals surface area contributed by atoms with Gasteiger partial charge in [-0.2, -0.15) is 0 Å². The lowest BCUT2D eigenvalue weighted by Crippen LogP contribution is -2.50. The summed E-state index contributed by atoms with van der Waals surface area (Å²) in [7, 11) is 0. The number of hydrogen-bond acceptors (Lipinski definition) is 4. The average molecular weight is 294 g/mol. The SMILES string of the molecule is NC1CCCN(C(=O)CN2C(=O)NC3(CCCC3)C2=O)C1. The Morgan fingerprint density at radius 1 is 1.29 bits per heavy atom. The largest absolute Gasteiger partial charge is 0.340 e. The van der Waals surface area contributed by atoms with Crippen LogP contribution in [0, 0.1) is 0 Å². The Morgan fingerprint density at radius 2 is 2.00 bits per heavy atom. The quantitative estimate of drug-likeness (QED) is 0.689. The van der Waals surface area contributed by atoms with Gasteiger partial charge in [0.2, 0.25) is 5.91 Å². The molecule has 0 radical (unpaired) electrons. The van der Waals surface area contributed by atoms with E-state index in [1.165, 1.54) is 0 Å². The minimum Gasteiger partial charge on any atom is -0.340 e. The molecule has 0 bridgehead atoms. The Bertz CT molecular complexity index is 473. The smallest absolute Gasteiger partial charge is 0.325 e. The van der Waals surface area contributed by atoms with Crippen molar-refractivity contribution in [2.45, 2.75) is 50.1 Å². The predicted octanol–water partition coefficient (Wildman–Crippen LogP) is -0.199. The van der Waals surface area contributed by atoms with Crippen LogP contribution < -0.4 is 11.1 Å². The van der Waals surface area contributed by atoms with Gasteiger partial charge in [-0.3, -0.25) is 14.5 Å². The van der Waals surface area contributed by atoms with Gasteiger partial charge in [-0.25, -0.2) is 4.79 Å². The first-order valence-electron chi connectivity index (χ1n) is 7.69. The molecule has 0 aromatic carbocycles. The molecular weight excluding hydrogens is 272 g/mol. The Hall–Kier alpha value is -1.63. The van der Waals surface area contributed by atoms with Crippen molar-refractivity contribution in [3.8, 4) is 0 Å². The van der Waals surface area contributed by atoms with E-state index in [4.69, 9.17) is 5.73 Å². The first-order valence-corrected chi connectivity index (χ1v) is 7.69.